The van der Waals surface area contributed by atoms with E-state index >= 15 is 0 Å². The molecule has 2 heterocycles. The van der Waals surface area contributed by atoms with Crippen molar-refractivity contribution in [3.05, 3.63) is 0 Å². The Morgan fingerprint density at radius 1 is 1.30 bits per heavy atom. The van der Waals surface area contributed by atoms with Crippen LogP contribution in [0.15, 0.2) is 0 Å². The van der Waals surface area contributed by atoms with E-state index in [0.29, 0.717) is 11.6 Å². The Labute approximate surface area is 124 Å². The Morgan fingerprint density at radius 2 is 2.10 bits per heavy atom. The second-order valence-corrected chi connectivity index (χ2v) is 7.32. The molecule has 2 aliphatic heterocycles. The number of nitrogens with one attached hydrogen (secondary N) is 1. The van der Waals surface area contributed by atoms with Gasteiger partial charge in [0.15, 0.2) is 0 Å². The maximum atomic E-state index is 5.63. The fourth-order valence-electron chi connectivity index (χ4n) is 4.61. The van der Waals surface area contributed by atoms with E-state index < -0.39 is 0 Å². The summed E-state index contributed by atoms with van der Waals surface area (Å²) in [7, 11) is 0. The normalized spacial score (nSPS) is 36.3. The lowest BCUT2D eigenvalue weighted by atomic mass is 9.78. The molecule has 1 N–H and O–H groups in total. The van der Waals surface area contributed by atoms with Crippen molar-refractivity contribution in [3.8, 4) is 0 Å². The zero-order chi connectivity index (χ0) is 14.0. The second-order valence-electron chi connectivity index (χ2n) is 7.32. The van der Waals surface area contributed by atoms with Crippen molar-refractivity contribution in [2.45, 2.75) is 76.4 Å². The summed E-state index contributed by atoms with van der Waals surface area (Å²) in [6.45, 7) is 9.20. The molecule has 1 saturated carbocycles. The number of piperazine rings is 1. The van der Waals surface area contributed by atoms with Crippen LogP contribution in [-0.4, -0.2) is 48.8 Å². The summed E-state index contributed by atoms with van der Waals surface area (Å²) < 4.78 is 5.63. The Morgan fingerprint density at radius 3 is 2.75 bits per heavy atom. The van der Waals surface area contributed by atoms with Crippen LogP contribution in [0.4, 0.5) is 0 Å². The van der Waals surface area contributed by atoms with E-state index in [1.807, 2.05) is 0 Å². The van der Waals surface area contributed by atoms with Crippen molar-refractivity contribution in [1.82, 2.24) is 10.2 Å². The number of nitrogens with zero attached hydrogens (tertiary/aromatic N) is 1. The zero-order valence-corrected chi connectivity index (χ0v) is 13.4. The Balaban J connectivity index is 1.70. The topological polar surface area (TPSA) is 24.5 Å². The third-order valence-corrected chi connectivity index (χ3v) is 6.12. The molecular weight excluding hydrogens is 248 g/mol. The molecular formula is C17H32N2O. The highest BCUT2D eigenvalue weighted by molar-refractivity contribution is 5.01. The van der Waals surface area contributed by atoms with Crippen LogP contribution in [-0.2, 0) is 4.74 Å². The molecule has 0 aromatic rings. The van der Waals surface area contributed by atoms with Gasteiger partial charge in [-0.3, -0.25) is 4.90 Å². The van der Waals surface area contributed by atoms with E-state index in [0.717, 1.165) is 25.2 Å². The predicted molar refractivity (Wildman–Crippen MR) is 83.0 cm³/mol. The van der Waals surface area contributed by atoms with E-state index in [4.69, 9.17) is 4.74 Å². The van der Waals surface area contributed by atoms with Gasteiger partial charge in [-0.25, -0.2) is 0 Å². The Kier molecular flexibility index (Phi) is 4.68. The largest absolute Gasteiger partial charge is 0.381 e. The smallest absolute Gasteiger partial charge is 0.0509 e. The molecule has 3 fully saturated rings. The second kappa shape index (κ2) is 6.33. The summed E-state index contributed by atoms with van der Waals surface area (Å²) >= 11 is 0. The molecule has 3 atom stereocenters. The molecule has 116 valence electrons. The molecule has 0 bridgehead atoms. The van der Waals surface area contributed by atoms with Gasteiger partial charge in [0.1, 0.15) is 0 Å². The summed E-state index contributed by atoms with van der Waals surface area (Å²) in [6.07, 6.45) is 9.56. The molecule has 1 spiro atoms. The first-order valence-electron chi connectivity index (χ1n) is 8.82. The van der Waals surface area contributed by atoms with Crippen LogP contribution in [0.2, 0.25) is 0 Å². The van der Waals surface area contributed by atoms with Crippen LogP contribution < -0.4 is 5.32 Å². The average molecular weight is 280 g/mol. The zero-order valence-electron chi connectivity index (χ0n) is 13.4. The molecule has 0 aromatic heterocycles. The number of hydrogen-bond acceptors (Lipinski definition) is 3. The van der Waals surface area contributed by atoms with Crippen molar-refractivity contribution in [2.24, 2.45) is 5.92 Å². The first-order valence-corrected chi connectivity index (χ1v) is 8.82. The van der Waals surface area contributed by atoms with Gasteiger partial charge in [-0.05, 0) is 38.5 Å². The monoisotopic (exact) mass is 280 g/mol. The molecule has 20 heavy (non-hydrogen) atoms. The standard InChI is InChI=1S/C17H32N2O/c1-3-16-11-18-17(8-5-4-6-9-17)13-19(16)14(2)15-7-10-20-12-15/h14-16,18H,3-13H2,1-2H3. The lowest BCUT2D eigenvalue weighted by Gasteiger charge is -2.52. The SMILES string of the molecule is CCC1CNC2(CCCCC2)CN1C(C)C1CCOC1. The van der Waals surface area contributed by atoms with Gasteiger partial charge in [0.25, 0.3) is 0 Å². The van der Waals surface area contributed by atoms with Crippen LogP contribution in [0.3, 0.4) is 0 Å². The van der Waals surface area contributed by atoms with Crippen molar-refractivity contribution >= 4 is 0 Å². The third-order valence-electron chi connectivity index (χ3n) is 6.12. The lowest BCUT2D eigenvalue weighted by molar-refractivity contribution is 0.00736. The Hall–Kier alpha value is -0.120. The van der Waals surface area contributed by atoms with Crippen LogP contribution in [0, 0.1) is 5.92 Å². The van der Waals surface area contributed by atoms with Gasteiger partial charge in [0.05, 0.1) is 6.61 Å². The molecule has 0 amide bonds. The maximum absolute atomic E-state index is 5.63. The first kappa shape index (κ1) is 14.8. The van der Waals surface area contributed by atoms with E-state index in [2.05, 4.69) is 24.1 Å². The van der Waals surface area contributed by atoms with Crippen LogP contribution >= 0.6 is 0 Å². The molecule has 3 nitrogen and oxygen atoms in total. The van der Waals surface area contributed by atoms with E-state index in [9.17, 15) is 0 Å². The van der Waals surface area contributed by atoms with Gasteiger partial charge >= 0.3 is 0 Å². The molecule has 3 unspecified atom stereocenters. The summed E-state index contributed by atoms with van der Waals surface area (Å²) in [5, 5.41) is 3.94. The van der Waals surface area contributed by atoms with Gasteiger partial charge in [-0.1, -0.05) is 26.2 Å². The minimum atomic E-state index is 0.428. The van der Waals surface area contributed by atoms with Crippen molar-refractivity contribution in [1.29, 1.82) is 0 Å². The van der Waals surface area contributed by atoms with Crippen molar-refractivity contribution < 1.29 is 4.74 Å². The molecule has 1 aliphatic carbocycles. The van der Waals surface area contributed by atoms with Gasteiger partial charge in [-0.2, -0.15) is 0 Å². The van der Waals surface area contributed by atoms with E-state index in [-0.39, 0.29) is 0 Å². The average Bonchev–Trinajstić information content (AvgIpc) is 3.01. The lowest BCUT2D eigenvalue weighted by Crippen LogP contribution is -2.67. The maximum Gasteiger partial charge on any atom is 0.0509 e. The summed E-state index contributed by atoms with van der Waals surface area (Å²) in [4.78, 5) is 2.83. The minimum Gasteiger partial charge on any atom is -0.381 e. The number of ether oxygens (including phenoxy) is 1. The van der Waals surface area contributed by atoms with Gasteiger partial charge < -0.3 is 10.1 Å². The Bertz CT molecular complexity index is 308. The van der Waals surface area contributed by atoms with Crippen LogP contribution in [0.5, 0.6) is 0 Å². The minimum absolute atomic E-state index is 0.428. The van der Waals surface area contributed by atoms with Gasteiger partial charge in [0.2, 0.25) is 0 Å². The van der Waals surface area contributed by atoms with Crippen LogP contribution in [0.25, 0.3) is 0 Å². The summed E-state index contributed by atoms with van der Waals surface area (Å²) in [6, 6.07) is 1.40. The fraction of sp³-hybridized carbons (Fsp3) is 1.00. The molecule has 3 rings (SSSR count). The number of hydrogen-bond donors (Lipinski definition) is 1. The summed E-state index contributed by atoms with van der Waals surface area (Å²) in [5.41, 5.74) is 0.428. The quantitative estimate of drug-likeness (QED) is 0.860. The predicted octanol–water partition coefficient (Wildman–Crippen LogP) is 2.80. The highest BCUT2D eigenvalue weighted by Crippen LogP contribution is 2.34. The molecule has 3 aliphatic rings. The third kappa shape index (κ3) is 2.90. The number of rotatable bonds is 3. The van der Waals surface area contributed by atoms with Gasteiger partial charge in [0, 0.05) is 37.3 Å². The fourth-order valence-corrected chi connectivity index (χ4v) is 4.61. The van der Waals surface area contributed by atoms with Crippen molar-refractivity contribution in [3.63, 3.8) is 0 Å². The van der Waals surface area contributed by atoms with Gasteiger partial charge in [-0.15, -0.1) is 0 Å². The highest BCUT2D eigenvalue weighted by atomic mass is 16.5. The molecule has 0 aromatic carbocycles. The first-order chi connectivity index (χ1) is 9.74. The molecule has 3 heteroatoms. The summed E-state index contributed by atoms with van der Waals surface area (Å²) in [5.74, 6) is 0.753. The molecule has 0 radical (unpaired) electrons. The van der Waals surface area contributed by atoms with Crippen LogP contribution in [0.1, 0.15) is 58.8 Å². The molecule has 2 saturated heterocycles. The van der Waals surface area contributed by atoms with Crippen molar-refractivity contribution in [2.75, 3.05) is 26.3 Å². The van der Waals surface area contributed by atoms with E-state index in [1.54, 1.807) is 0 Å². The highest BCUT2D eigenvalue weighted by Gasteiger charge is 2.42. The van der Waals surface area contributed by atoms with E-state index in [1.165, 1.54) is 58.0 Å².